The van der Waals surface area contributed by atoms with Crippen LogP contribution in [0.25, 0.3) is 4.96 Å². The molecule has 110 valence electrons. The number of imidazole rings is 1. The summed E-state index contributed by atoms with van der Waals surface area (Å²) in [6.45, 7) is 6.31. The zero-order chi connectivity index (χ0) is 15.0. The van der Waals surface area contributed by atoms with Crippen LogP contribution in [0.5, 0.6) is 0 Å². The third-order valence-corrected chi connectivity index (χ3v) is 4.53. The normalized spacial score (nSPS) is 12.0. The maximum absolute atomic E-state index is 12.0. The first-order valence-corrected chi connectivity index (χ1v) is 8.35. The number of rotatable bonds is 3. The number of hydrogen-bond donors (Lipinski definition) is 1. The van der Waals surface area contributed by atoms with E-state index in [2.05, 4.69) is 36.1 Å². The maximum Gasteiger partial charge on any atom is 0.232 e. The van der Waals surface area contributed by atoms with Gasteiger partial charge in [0.2, 0.25) is 5.91 Å². The number of carbonyl (C=O) groups is 1. The molecule has 0 aliphatic heterocycles. The molecule has 1 N–H and O–H groups in total. The van der Waals surface area contributed by atoms with Gasteiger partial charge in [0.1, 0.15) is 0 Å². The molecule has 7 heteroatoms. The summed E-state index contributed by atoms with van der Waals surface area (Å²) in [6.07, 6.45) is 4.08. The molecule has 21 heavy (non-hydrogen) atoms. The van der Waals surface area contributed by atoms with Crippen molar-refractivity contribution in [3.05, 3.63) is 34.5 Å². The van der Waals surface area contributed by atoms with Crippen LogP contribution < -0.4 is 5.32 Å². The molecule has 0 aliphatic carbocycles. The lowest BCUT2D eigenvalue weighted by Crippen LogP contribution is -2.16. The van der Waals surface area contributed by atoms with Crippen molar-refractivity contribution in [2.24, 2.45) is 0 Å². The molecule has 0 spiro atoms. The molecule has 0 radical (unpaired) electrons. The maximum atomic E-state index is 12.0. The number of thiazole rings is 2. The van der Waals surface area contributed by atoms with Crippen LogP contribution in [0.15, 0.2) is 23.2 Å². The molecule has 0 aliphatic rings. The fourth-order valence-electron chi connectivity index (χ4n) is 1.86. The lowest BCUT2D eigenvalue weighted by molar-refractivity contribution is -0.115. The van der Waals surface area contributed by atoms with E-state index in [0.717, 1.165) is 16.3 Å². The highest BCUT2D eigenvalue weighted by atomic mass is 32.1. The Kier molecular flexibility index (Phi) is 3.54. The molecule has 3 rings (SSSR count). The first-order chi connectivity index (χ1) is 9.91. The minimum absolute atomic E-state index is 0.00624. The second-order valence-electron chi connectivity index (χ2n) is 5.84. The van der Waals surface area contributed by atoms with Crippen molar-refractivity contribution >= 4 is 38.7 Å². The lowest BCUT2D eigenvalue weighted by Gasteiger charge is -2.14. The van der Waals surface area contributed by atoms with Gasteiger partial charge in [-0.1, -0.05) is 20.8 Å². The van der Waals surface area contributed by atoms with E-state index >= 15 is 0 Å². The molecule has 5 nitrogen and oxygen atoms in total. The van der Waals surface area contributed by atoms with Crippen molar-refractivity contribution in [3.63, 3.8) is 0 Å². The van der Waals surface area contributed by atoms with Crippen molar-refractivity contribution in [1.29, 1.82) is 0 Å². The molecule has 0 saturated carbocycles. The summed E-state index contributed by atoms with van der Waals surface area (Å²) in [5.74, 6) is -0.0874. The number of anilines is 1. The van der Waals surface area contributed by atoms with Crippen LogP contribution in [0.4, 0.5) is 5.13 Å². The average Bonchev–Trinajstić information content (AvgIpc) is 3.02. The Morgan fingerprint density at radius 3 is 2.81 bits per heavy atom. The van der Waals surface area contributed by atoms with Gasteiger partial charge in [0.25, 0.3) is 0 Å². The van der Waals surface area contributed by atoms with Gasteiger partial charge in [0.15, 0.2) is 10.1 Å². The van der Waals surface area contributed by atoms with E-state index in [1.807, 2.05) is 27.6 Å². The van der Waals surface area contributed by atoms with Gasteiger partial charge >= 0.3 is 0 Å². The van der Waals surface area contributed by atoms with Crippen molar-refractivity contribution in [2.45, 2.75) is 32.6 Å². The highest BCUT2D eigenvalue weighted by molar-refractivity contribution is 7.15. The number of amides is 1. The Balaban J connectivity index is 1.66. The van der Waals surface area contributed by atoms with Gasteiger partial charge in [0.05, 0.1) is 17.8 Å². The summed E-state index contributed by atoms with van der Waals surface area (Å²) in [6, 6.07) is 0. The molecule has 3 aromatic rings. The Morgan fingerprint density at radius 2 is 2.14 bits per heavy atom. The van der Waals surface area contributed by atoms with E-state index in [1.165, 1.54) is 11.3 Å². The van der Waals surface area contributed by atoms with Gasteiger partial charge in [-0.25, -0.2) is 9.97 Å². The molecule has 0 unspecified atom stereocenters. The fourth-order valence-corrected chi connectivity index (χ4v) is 3.54. The SMILES string of the molecule is CC(C)(C)c1csc(NC(=O)Cc2cn3ccsc3n2)n1. The minimum atomic E-state index is -0.0874. The van der Waals surface area contributed by atoms with Crippen LogP contribution in [0.2, 0.25) is 0 Å². The van der Waals surface area contributed by atoms with Crippen molar-refractivity contribution < 1.29 is 4.79 Å². The second kappa shape index (κ2) is 5.23. The first kappa shape index (κ1) is 14.2. The molecule has 0 saturated heterocycles. The van der Waals surface area contributed by atoms with Gasteiger partial charge in [-0.2, -0.15) is 0 Å². The van der Waals surface area contributed by atoms with E-state index in [0.29, 0.717) is 5.13 Å². The highest BCUT2D eigenvalue weighted by Crippen LogP contribution is 2.26. The third-order valence-electron chi connectivity index (χ3n) is 3.00. The topological polar surface area (TPSA) is 59.3 Å². The van der Waals surface area contributed by atoms with Gasteiger partial charge in [-0.05, 0) is 0 Å². The van der Waals surface area contributed by atoms with Crippen LogP contribution in [-0.2, 0) is 16.6 Å². The lowest BCUT2D eigenvalue weighted by atomic mass is 9.93. The van der Waals surface area contributed by atoms with E-state index in [9.17, 15) is 4.79 Å². The summed E-state index contributed by atoms with van der Waals surface area (Å²) in [5.41, 5.74) is 1.76. The van der Waals surface area contributed by atoms with Crippen molar-refractivity contribution in [3.8, 4) is 0 Å². The number of nitrogens with one attached hydrogen (secondary N) is 1. The van der Waals surface area contributed by atoms with Crippen molar-refractivity contribution in [1.82, 2.24) is 14.4 Å². The number of nitrogens with zero attached hydrogens (tertiary/aromatic N) is 3. The summed E-state index contributed by atoms with van der Waals surface area (Å²) in [7, 11) is 0. The van der Waals surface area contributed by atoms with Crippen molar-refractivity contribution in [2.75, 3.05) is 5.32 Å². The Hall–Kier alpha value is -1.73. The Labute approximate surface area is 130 Å². The smallest absolute Gasteiger partial charge is 0.232 e. The number of fused-ring (bicyclic) bond motifs is 1. The average molecular weight is 320 g/mol. The Bertz CT molecular complexity index is 750. The Morgan fingerprint density at radius 1 is 1.33 bits per heavy atom. The molecule has 0 atom stereocenters. The van der Waals surface area contributed by atoms with Crippen LogP contribution in [0.3, 0.4) is 0 Å². The zero-order valence-electron chi connectivity index (χ0n) is 12.1. The molecule has 0 bridgehead atoms. The summed E-state index contributed by atoms with van der Waals surface area (Å²) >= 11 is 3.01. The minimum Gasteiger partial charge on any atom is -0.302 e. The summed E-state index contributed by atoms with van der Waals surface area (Å²) in [4.78, 5) is 21.8. The third kappa shape index (κ3) is 3.14. The number of hydrogen-bond acceptors (Lipinski definition) is 5. The van der Waals surface area contributed by atoms with Gasteiger partial charge in [0, 0.05) is 28.6 Å². The zero-order valence-corrected chi connectivity index (χ0v) is 13.7. The quantitative estimate of drug-likeness (QED) is 0.805. The second-order valence-corrected chi connectivity index (χ2v) is 7.57. The predicted octanol–water partition coefficient (Wildman–Crippen LogP) is 3.33. The van der Waals surface area contributed by atoms with E-state index in [4.69, 9.17) is 0 Å². The molecular weight excluding hydrogens is 304 g/mol. The standard InChI is InChI=1S/C14H16N4OS2/c1-14(2,3)10-8-21-12(16-10)17-11(19)6-9-7-18-4-5-20-13(18)15-9/h4-5,7-8H,6H2,1-3H3,(H,16,17,19). The molecule has 3 aromatic heterocycles. The van der Waals surface area contributed by atoms with Crippen LogP contribution in [0.1, 0.15) is 32.2 Å². The first-order valence-electron chi connectivity index (χ1n) is 6.59. The predicted molar refractivity (Wildman–Crippen MR) is 86.2 cm³/mol. The molecule has 0 aromatic carbocycles. The number of carbonyl (C=O) groups excluding carboxylic acids is 1. The molecule has 0 fully saturated rings. The van der Waals surface area contributed by atoms with Gasteiger partial charge in [-0.15, -0.1) is 22.7 Å². The van der Waals surface area contributed by atoms with Crippen LogP contribution >= 0.6 is 22.7 Å². The fraction of sp³-hybridized carbons (Fsp3) is 0.357. The molecule has 3 heterocycles. The van der Waals surface area contributed by atoms with E-state index in [1.54, 1.807) is 11.3 Å². The molecule has 1 amide bonds. The van der Waals surface area contributed by atoms with Crippen LogP contribution in [-0.4, -0.2) is 20.3 Å². The highest BCUT2D eigenvalue weighted by Gasteiger charge is 2.18. The van der Waals surface area contributed by atoms with Gasteiger partial charge < -0.3 is 5.32 Å². The largest absolute Gasteiger partial charge is 0.302 e. The monoisotopic (exact) mass is 320 g/mol. The van der Waals surface area contributed by atoms with E-state index < -0.39 is 0 Å². The summed E-state index contributed by atoms with van der Waals surface area (Å²) < 4.78 is 1.92. The van der Waals surface area contributed by atoms with Gasteiger partial charge in [-0.3, -0.25) is 9.20 Å². The molecular formula is C14H16N4OS2. The number of aromatic nitrogens is 3. The van der Waals surface area contributed by atoms with Crippen LogP contribution in [0, 0.1) is 0 Å². The van der Waals surface area contributed by atoms with E-state index in [-0.39, 0.29) is 17.7 Å². The summed E-state index contributed by atoms with van der Waals surface area (Å²) in [5, 5.41) is 7.44.